The number of β-amino-alcohol motifs (C(OH)–C–C–N with tert-alkyl or cyclic N) is 1. The second-order valence-corrected chi connectivity index (χ2v) is 7.10. The van der Waals surface area contributed by atoms with E-state index in [9.17, 15) is 9.90 Å². The van der Waals surface area contributed by atoms with E-state index >= 15 is 0 Å². The van der Waals surface area contributed by atoms with Crippen LogP contribution in [0.3, 0.4) is 0 Å². The van der Waals surface area contributed by atoms with Gasteiger partial charge in [-0.1, -0.05) is 12.1 Å². The zero-order valence-corrected chi connectivity index (χ0v) is 17.7. The predicted octanol–water partition coefficient (Wildman–Crippen LogP) is 2.62. The number of hydrogen-bond donors (Lipinski definition) is 1. The number of nitrogens with zero attached hydrogens (tertiary/aromatic N) is 2. The summed E-state index contributed by atoms with van der Waals surface area (Å²) in [5.74, 6) is 1.54. The Labute approximate surface area is 178 Å². The van der Waals surface area contributed by atoms with Crippen LogP contribution in [0.4, 0.5) is 0 Å². The van der Waals surface area contributed by atoms with Crippen molar-refractivity contribution in [3.63, 3.8) is 0 Å². The van der Waals surface area contributed by atoms with Crippen LogP contribution in [0.5, 0.6) is 11.5 Å². The highest BCUT2D eigenvalue weighted by Crippen LogP contribution is 2.15. The van der Waals surface area contributed by atoms with Gasteiger partial charge in [0.2, 0.25) is 0 Å². The number of carbonyl (C=O) groups is 1. The minimum Gasteiger partial charge on any atom is -0.497 e. The van der Waals surface area contributed by atoms with Crippen molar-refractivity contribution in [2.75, 3.05) is 46.4 Å². The lowest BCUT2D eigenvalue weighted by atomic mass is 10.1. The molecule has 1 aliphatic heterocycles. The van der Waals surface area contributed by atoms with Crippen LogP contribution in [0.15, 0.2) is 48.5 Å². The number of ether oxygens (including phenoxy) is 2. The number of piperazine rings is 1. The van der Waals surface area contributed by atoms with Crippen molar-refractivity contribution >= 4 is 18.3 Å². The van der Waals surface area contributed by atoms with Crippen molar-refractivity contribution in [3.8, 4) is 11.5 Å². The minimum absolute atomic E-state index is 0. The van der Waals surface area contributed by atoms with E-state index in [-0.39, 0.29) is 24.9 Å². The number of aryl methyl sites for hydroxylation is 1. The van der Waals surface area contributed by atoms with Gasteiger partial charge in [-0.2, -0.15) is 0 Å². The van der Waals surface area contributed by atoms with E-state index in [1.807, 2.05) is 36.1 Å². The Morgan fingerprint density at radius 1 is 1.07 bits per heavy atom. The second kappa shape index (κ2) is 11.0. The van der Waals surface area contributed by atoms with E-state index < -0.39 is 6.10 Å². The maximum atomic E-state index is 12.6. The molecule has 3 rings (SSSR count). The van der Waals surface area contributed by atoms with Crippen LogP contribution in [0.1, 0.15) is 15.9 Å². The molecule has 0 bridgehead atoms. The van der Waals surface area contributed by atoms with Gasteiger partial charge in [-0.05, 0) is 48.9 Å². The third-order valence-corrected chi connectivity index (χ3v) is 4.90. The first-order valence-electron chi connectivity index (χ1n) is 9.58. The van der Waals surface area contributed by atoms with Gasteiger partial charge in [0.05, 0.1) is 7.11 Å². The van der Waals surface area contributed by atoms with E-state index in [0.29, 0.717) is 25.2 Å². The Kier molecular flexibility index (Phi) is 8.76. The molecule has 0 spiro atoms. The van der Waals surface area contributed by atoms with Gasteiger partial charge in [0.25, 0.3) is 5.91 Å². The number of aliphatic hydroxyl groups is 1. The van der Waals surface area contributed by atoms with Gasteiger partial charge in [0.1, 0.15) is 24.2 Å². The normalized spacial score (nSPS) is 15.3. The van der Waals surface area contributed by atoms with Crippen molar-refractivity contribution in [1.29, 1.82) is 0 Å². The van der Waals surface area contributed by atoms with Gasteiger partial charge < -0.3 is 19.5 Å². The molecule has 158 valence electrons. The average Bonchev–Trinajstić information content (AvgIpc) is 2.72. The molecule has 2 aromatic rings. The third kappa shape index (κ3) is 6.63. The third-order valence-electron chi connectivity index (χ3n) is 4.90. The molecule has 1 heterocycles. The van der Waals surface area contributed by atoms with Gasteiger partial charge in [0.15, 0.2) is 0 Å². The van der Waals surface area contributed by atoms with Gasteiger partial charge in [-0.15, -0.1) is 12.4 Å². The largest absolute Gasteiger partial charge is 0.497 e. The SMILES string of the molecule is COc1ccc(C(=O)N2CCN(CC(O)COc3cccc(C)c3)CC2)cc1.Cl. The van der Waals surface area contributed by atoms with Crippen LogP contribution < -0.4 is 9.47 Å². The molecule has 0 saturated carbocycles. The molecule has 1 unspecified atom stereocenters. The molecular weight excluding hydrogens is 392 g/mol. The molecule has 0 aliphatic carbocycles. The first-order chi connectivity index (χ1) is 13.5. The van der Waals surface area contributed by atoms with Gasteiger partial charge in [0, 0.05) is 38.3 Å². The highest BCUT2D eigenvalue weighted by Gasteiger charge is 2.23. The number of rotatable bonds is 7. The molecule has 6 nitrogen and oxygen atoms in total. The van der Waals surface area contributed by atoms with Crippen LogP contribution >= 0.6 is 12.4 Å². The molecule has 0 aromatic heterocycles. The number of halogens is 1. The number of aliphatic hydroxyl groups excluding tert-OH is 1. The van der Waals surface area contributed by atoms with E-state index in [4.69, 9.17) is 9.47 Å². The van der Waals surface area contributed by atoms with Crippen molar-refractivity contribution in [1.82, 2.24) is 9.80 Å². The van der Waals surface area contributed by atoms with Crippen LogP contribution in [-0.4, -0.2) is 73.4 Å². The van der Waals surface area contributed by atoms with Crippen LogP contribution in [0.2, 0.25) is 0 Å². The Bertz CT molecular complexity index is 777. The fraction of sp³-hybridized carbons (Fsp3) is 0.409. The van der Waals surface area contributed by atoms with Crippen LogP contribution in [-0.2, 0) is 0 Å². The van der Waals surface area contributed by atoms with Crippen molar-refractivity contribution < 1.29 is 19.4 Å². The summed E-state index contributed by atoms with van der Waals surface area (Å²) >= 11 is 0. The Balaban J connectivity index is 0.00000300. The van der Waals surface area contributed by atoms with E-state index in [0.717, 1.165) is 30.2 Å². The molecular formula is C22H29ClN2O4. The first-order valence-corrected chi connectivity index (χ1v) is 9.58. The Hall–Kier alpha value is -2.28. The summed E-state index contributed by atoms with van der Waals surface area (Å²) in [6.45, 7) is 5.58. The van der Waals surface area contributed by atoms with E-state index in [1.165, 1.54) is 0 Å². The summed E-state index contributed by atoms with van der Waals surface area (Å²) in [6.07, 6.45) is -0.565. The summed E-state index contributed by atoms with van der Waals surface area (Å²) in [7, 11) is 1.61. The minimum atomic E-state index is -0.565. The number of benzene rings is 2. The first kappa shape index (κ1) is 23.0. The lowest BCUT2D eigenvalue weighted by Crippen LogP contribution is -2.50. The average molecular weight is 421 g/mol. The maximum absolute atomic E-state index is 12.6. The molecule has 1 saturated heterocycles. The molecule has 0 radical (unpaired) electrons. The molecule has 7 heteroatoms. The standard InChI is InChI=1S/C22H28N2O4.ClH/c1-17-4-3-5-21(14-17)28-16-19(25)15-23-10-12-24(13-11-23)22(26)18-6-8-20(27-2)9-7-18;/h3-9,14,19,25H,10-13,15-16H2,1-2H3;1H. The van der Waals surface area contributed by atoms with Crippen LogP contribution in [0.25, 0.3) is 0 Å². The van der Waals surface area contributed by atoms with Gasteiger partial charge in [-0.25, -0.2) is 0 Å². The molecule has 1 fully saturated rings. The zero-order chi connectivity index (χ0) is 19.9. The van der Waals surface area contributed by atoms with E-state index in [1.54, 1.807) is 31.4 Å². The number of hydrogen-bond acceptors (Lipinski definition) is 5. The number of carbonyl (C=O) groups excluding carboxylic acids is 1. The number of amides is 1. The topological polar surface area (TPSA) is 62.2 Å². The molecule has 29 heavy (non-hydrogen) atoms. The van der Waals surface area contributed by atoms with E-state index in [2.05, 4.69) is 4.90 Å². The zero-order valence-electron chi connectivity index (χ0n) is 16.9. The maximum Gasteiger partial charge on any atom is 0.253 e. The van der Waals surface area contributed by atoms with Gasteiger partial charge in [-0.3, -0.25) is 9.69 Å². The predicted molar refractivity (Wildman–Crippen MR) is 115 cm³/mol. The molecule has 2 aromatic carbocycles. The number of methoxy groups -OCH3 is 1. The summed E-state index contributed by atoms with van der Waals surface area (Å²) in [5.41, 5.74) is 1.80. The lowest BCUT2D eigenvalue weighted by Gasteiger charge is -2.35. The van der Waals surface area contributed by atoms with Crippen molar-refractivity contribution in [2.45, 2.75) is 13.0 Å². The highest BCUT2D eigenvalue weighted by atomic mass is 35.5. The highest BCUT2D eigenvalue weighted by molar-refractivity contribution is 5.94. The fourth-order valence-corrected chi connectivity index (χ4v) is 3.30. The van der Waals surface area contributed by atoms with Crippen molar-refractivity contribution in [3.05, 3.63) is 59.7 Å². The monoisotopic (exact) mass is 420 g/mol. The summed E-state index contributed by atoms with van der Waals surface area (Å²) in [6, 6.07) is 15.0. The van der Waals surface area contributed by atoms with Crippen LogP contribution in [0, 0.1) is 6.92 Å². The summed E-state index contributed by atoms with van der Waals surface area (Å²) in [4.78, 5) is 16.6. The summed E-state index contributed by atoms with van der Waals surface area (Å²) < 4.78 is 10.8. The Morgan fingerprint density at radius 3 is 2.38 bits per heavy atom. The molecule has 1 N–H and O–H groups in total. The quantitative estimate of drug-likeness (QED) is 0.746. The molecule has 1 atom stereocenters. The molecule has 1 amide bonds. The Morgan fingerprint density at radius 2 is 1.76 bits per heavy atom. The second-order valence-electron chi connectivity index (χ2n) is 7.10. The fourth-order valence-electron chi connectivity index (χ4n) is 3.30. The lowest BCUT2D eigenvalue weighted by molar-refractivity contribution is 0.0403. The summed E-state index contributed by atoms with van der Waals surface area (Å²) in [5, 5.41) is 10.3. The van der Waals surface area contributed by atoms with Gasteiger partial charge >= 0.3 is 0 Å². The smallest absolute Gasteiger partial charge is 0.253 e. The molecule has 1 aliphatic rings. The van der Waals surface area contributed by atoms with Crippen molar-refractivity contribution in [2.24, 2.45) is 0 Å².